The summed E-state index contributed by atoms with van der Waals surface area (Å²) in [5.74, 6) is -0.436. The number of amides is 1. The van der Waals surface area contributed by atoms with Crippen molar-refractivity contribution in [2.24, 2.45) is 5.92 Å². The lowest BCUT2D eigenvalue weighted by Crippen LogP contribution is -2.35. The van der Waals surface area contributed by atoms with E-state index >= 15 is 0 Å². The third-order valence-electron chi connectivity index (χ3n) is 7.01. The number of carbonyl (C=O) groups excluding carboxylic acids is 1. The molecule has 5 rings (SSSR count). The zero-order valence-electron chi connectivity index (χ0n) is 23.8. The van der Waals surface area contributed by atoms with Gasteiger partial charge in [0.05, 0.1) is 40.2 Å². The highest BCUT2D eigenvalue weighted by Crippen LogP contribution is 2.34. The molecule has 2 aromatic carbocycles. The fourth-order valence-electron chi connectivity index (χ4n) is 5.05. The van der Waals surface area contributed by atoms with Crippen molar-refractivity contribution in [1.82, 2.24) is 15.1 Å². The van der Waals surface area contributed by atoms with E-state index in [2.05, 4.69) is 5.32 Å². The first kappa shape index (κ1) is 32.6. The van der Waals surface area contributed by atoms with E-state index in [4.69, 9.17) is 31.3 Å². The molecule has 230 valence electrons. The number of ether oxygens (including phenoxy) is 1. The van der Waals surface area contributed by atoms with Crippen molar-refractivity contribution < 1.29 is 33.0 Å². The van der Waals surface area contributed by atoms with E-state index in [0.29, 0.717) is 47.3 Å². The first-order valence-corrected chi connectivity index (χ1v) is 16.5. The Labute approximate surface area is 259 Å². The highest BCUT2D eigenvalue weighted by molar-refractivity contribution is 7.92. The summed E-state index contributed by atoms with van der Waals surface area (Å²) in [6.45, 7) is 5.05. The molecule has 10 nitrogen and oxygen atoms in total. The van der Waals surface area contributed by atoms with Crippen molar-refractivity contribution in [2.75, 3.05) is 13.2 Å². The highest BCUT2D eigenvalue weighted by atomic mass is 35.5. The quantitative estimate of drug-likeness (QED) is 0.221. The number of carboxylic acid groups (broad SMARTS) is 1. The van der Waals surface area contributed by atoms with Crippen LogP contribution in [0.2, 0.25) is 4.34 Å². The van der Waals surface area contributed by atoms with Crippen molar-refractivity contribution in [3.63, 3.8) is 0 Å². The maximum absolute atomic E-state index is 13.3. The average Bonchev–Trinajstić information content (AvgIpc) is 3.56. The topological polar surface area (TPSA) is 148 Å². The van der Waals surface area contributed by atoms with Gasteiger partial charge in [-0.15, -0.1) is 11.3 Å². The van der Waals surface area contributed by atoms with Crippen LogP contribution in [0.25, 0.3) is 10.9 Å². The Morgan fingerprint density at radius 1 is 1.21 bits per heavy atom. The van der Waals surface area contributed by atoms with Gasteiger partial charge in [-0.1, -0.05) is 48.0 Å². The molecule has 1 aliphatic heterocycles. The second kappa shape index (κ2) is 14.0. The third-order valence-corrected chi connectivity index (χ3v) is 10.5. The lowest BCUT2D eigenvalue weighted by atomic mass is 9.94. The molecule has 1 unspecified atom stereocenters. The molecule has 1 saturated heterocycles. The molecular formula is C30H34ClN3O7S2. The van der Waals surface area contributed by atoms with Crippen LogP contribution >= 0.6 is 22.9 Å². The number of hydrogen-bond acceptors (Lipinski definition) is 8. The van der Waals surface area contributed by atoms with Crippen molar-refractivity contribution >= 4 is 56.1 Å². The molecule has 13 heteroatoms. The van der Waals surface area contributed by atoms with Crippen LogP contribution in [0.4, 0.5) is 0 Å². The van der Waals surface area contributed by atoms with Gasteiger partial charge in [-0.05, 0) is 61.6 Å². The Kier molecular flexibility index (Phi) is 10.6. The Hall–Kier alpha value is -3.29. The predicted molar refractivity (Wildman–Crippen MR) is 165 cm³/mol. The number of benzene rings is 2. The van der Waals surface area contributed by atoms with E-state index in [1.54, 1.807) is 30.7 Å². The highest BCUT2D eigenvalue weighted by Gasteiger charge is 2.28. The number of sulfone groups is 1. The fourth-order valence-corrected chi connectivity index (χ4v) is 7.89. The number of rotatable bonds is 9. The number of hydrogen-bond donors (Lipinski definition) is 3. The lowest BCUT2D eigenvalue weighted by molar-refractivity contribution is -0.129. The van der Waals surface area contributed by atoms with Crippen LogP contribution in [-0.4, -0.2) is 54.0 Å². The predicted octanol–water partition coefficient (Wildman–Crippen LogP) is 4.74. The molecule has 0 aliphatic carbocycles. The maximum Gasteiger partial charge on any atom is 0.290 e. The number of aromatic nitrogens is 2. The van der Waals surface area contributed by atoms with Gasteiger partial charge in [0, 0.05) is 18.5 Å². The normalized spacial score (nSPS) is 15.5. The molecule has 1 fully saturated rings. The zero-order valence-corrected chi connectivity index (χ0v) is 26.2. The number of aliphatic hydroxyl groups is 1. The van der Waals surface area contributed by atoms with Crippen LogP contribution in [0.5, 0.6) is 0 Å². The van der Waals surface area contributed by atoms with Crippen molar-refractivity contribution in [3.05, 3.63) is 81.3 Å². The van der Waals surface area contributed by atoms with Gasteiger partial charge in [-0.25, -0.2) is 8.42 Å². The summed E-state index contributed by atoms with van der Waals surface area (Å²) in [7, 11) is -3.71. The van der Waals surface area contributed by atoms with Gasteiger partial charge in [-0.2, -0.15) is 5.10 Å². The minimum atomic E-state index is -3.71. The zero-order chi connectivity index (χ0) is 31.2. The molecule has 4 aromatic rings. The number of thiophene rings is 1. The maximum atomic E-state index is 13.3. The average molecular weight is 648 g/mol. The number of carbonyl (C=O) groups is 2. The molecule has 0 saturated carbocycles. The molecular weight excluding hydrogens is 614 g/mol. The molecule has 43 heavy (non-hydrogen) atoms. The molecule has 0 spiro atoms. The second-order valence-electron chi connectivity index (χ2n) is 10.7. The van der Waals surface area contributed by atoms with Crippen LogP contribution in [0, 0.1) is 5.92 Å². The summed E-state index contributed by atoms with van der Waals surface area (Å²) in [5, 5.41) is 26.2. The minimum absolute atomic E-state index is 0.000185. The molecule has 3 heterocycles. The van der Waals surface area contributed by atoms with E-state index in [1.165, 1.54) is 6.07 Å². The van der Waals surface area contributed by atoms with Gasteiger partial charge in [0.2, 0.25) is 5.91 Å². The van der Waals surface area contributed by atoms with Crippen LogP contribution in [-0.2, 0) is 48.6 Å². The Morgan fingerprint density at radius 2 is 1.93 bits per heavy atom. The van der Waals surface area contributed by atoms with Crippen LogP contribution in [0.3, 0.4) is 0 Å². The standard InChI is InChI=1S/C29H32ClN3O5S2.CH2O2/c1-29(2,35)22-9-4-10-24-27(22)23(18-40(36,37)26-12-11-25(30)39-26)32-33(24)16-20-7-3-6-19(14-20)15-31-28(34)21-8-5-13-38-17-21;2-1-3/h3-4,6-7,9-12,14,21,35H,5,8,13,15-18H2,1-2H3,(H,31,34);1H,(H,2,3). The third kappa shape index (κ3) is 8.21. The summed E-state index contributed by atoms with van der Waals surface area (Å²) >= 11 is 7.02. The van der Waals surface area contributed by atoms with Gasteiger partial charge in [0.15, 0.2) is 9.84 Å². The van der Waals surface area contributed by atoms with Gasteiger partial charge in [-0.3, -0.25) is 14.3 Å². The SMILES string of the molecule is CC(C)(O)c1cccc2c1c(CS(=O)(=O)c1ccc(Cl)s1)nn2Cc1cccc(CNC(=O)C2CCCOC2)c1.O=CO. The summed E-state index contributed by atoms with van der Waals surface area (Å²) in [5.41, 5.74) is 2.40. The van der Waals surface area contributed by atoms with E-state index in [0.717, 1.165) is 40.8 Å². The first-order valence-electron chi connectivity index (χ1n) is 13.6. The minimum Gasteiger partial charge on any atom is -0.483 e. The van der Waals surface area contributed by atoms with E-state index in [9.17, 15) is 18.3 Å². The number of nitrogens with zero attached hydrogens (tertiary/aromatic N) is 2. The number of nitrogens with one attached hydrogen (secondary N) is 1. The molecule has 0 bridgehead atoms. The van der Waals surface area contributed by atoms with Gasteiger partial charge >= 0.3 is 0 Å². The van der Waals surface area contributed by atoms with Gasteiger partial charge in [0.1, 0.15) is 9.96 Å². The Morgan fingerprint density at radius 3 is 2.58 bits per heavy atom. The van der Waals surface area contributed by atoms with Gasteiger partial charge in [0.25, 0.3) is 6.47 Å². The van der Waals surface area contributed by atoms with Crippen molar-refractivity contribution in [2.45, 2.75) is 55.3 Å². The largest absolute Gasteiger partial charge is 0.483 e. The molecule has 0 radical (unpaired) electrons. The summed E-state index contributed by atoms with van der Waals surface area (Å²) < 4.78 is 34.3. The van der Waals surface area contributed by atoms with E-state index < -0.39 is 15.4 Å². The van der Waals surface area contributed by atoms with Crippen LogP contribution in [0.1, 0.15) is 49.1 Å². The first-order chi connectivity index (χ1) is 20.4. The second-order valence-corrected chi connectivity index (χ2v) is 14.7. The molecule has 1 aliphatic rings. The van der Waals surface area contributed by atoms with E-state index in [1.807, 2.05) is 36.4 Å². The Balaban J connectivity index is 0.00000135. The summed E-state index contributed by atoms with van der Waals surface area (Å²) in [4.78, 5) is 20.9. The number of fused-ring (bicyclic) bond motifs is 1. The molecule has 3 N–H and O–H groups in total. The molecule has 2 aromatic heterocycles. The molecule has 1 amide bonds. The van der Waals surface area contributed by atoms with Gasteiger partial charge < -0.3 is 20.3 Å². The van der Waals surface area contributed by atoms with Crippen LogP contribution in [0.15, 0.2) is 58.8 Å². The number of halogens is 1. The fraction of sp³-hybridized carbons (Fsp3) is 0.367. The van der Waals surface area contributed by atoms with E-state index in [-0.39, 0.29) is 28.3 Å². The molecule has 1 atom stereocenters. The van der Waals surface area contributed by atoms with Crippen molar-refractivity contribution in [1.29, 1.82) is 0 Å². The monoisotopic (exact) mass is 647 g/mol. The summed E-state index contributed by atoms with van der Waals surface area (Å²) in [6.07, 6.45) is 1.73. The van der Waals surface area contributed by atoms with Crippen molar-refractivity contribution in [3.8, 4) is 0 Å². The lowest BCUT2D eigenvalue weighted by Gasteiger charge is -2.21. The van der Waals surface area contributed by atoms with Crippen LogP contribution < -0.4 is 5.32 Å². The Bertz CT molecular complexity index is 1690. The smallest absolute Gasteiger partial charge is 0.290 e. The summed E-state index contributed by atoms with van der Waals surface area (Å²) in [6, 6.07) is 16.5.